The molecular formula is C12H13N3. The standard InChI is InChI=1S/C12H13N3/c1-4-5-11-8-13-6-7-14-12(9-15-11)10(2)3/h1,6-9,15H,2,5H2,3H3. The Morgan fingerprint density at radius 2 is 2.40 bits per heavy atom. The SMILES string of the molecule is C#CCc1cnccnc(C(=C)C)c[nH]1. The van der Waals surface area contributed by atoms with Gasteiger partial charge in [0.25, 0.3) is 0 Å². The number of hydrogen-bond donors (Lipinski definition) is 1. The summed E-state index contributed by atoms with van der Waals surface area (Å²) in [4.78, 5) is 11.3. The lowest BCUT2D eigenvalue weighted by atomic mass is 10.3. The van der Waals surface area contributed by atoms with E-state index in [9.17, 15) is 0 Å². The fourth-order valence-corrected chi connectivity index (χ4v) is 0.961. The molecule has 0 aromatic carbocycles. The van der Waals surface area contributed by atoms with Crippen molar-refractivity contribution < 1.29 is 0 Å². The molecule has 0 aliphatic heterocycles. The van der Waals surface area contributed by atoms with Crippen molar-refractivity contribution in [2.24, 2.45) is 0 Å². The molecule has 0 spiro atoms. The topological polar surface area (TPSA) is 41.6 Å². The van der Waals surface area contributed by atoms with Crippen molar-refractivity contribution in [2.75, 3.05) is 0 Å². The van der Waals surface area contributed by atoms with E-state index in [-0.39, 0.29) is 0 Å². The highest BCUT2D eigenvalue weighted by molar-refractivity contribution is 5.56. The van der Waals surface area contributed by atoms with Gasteiger partial charge in [-0.05, 0) is 12.5 Å². The number of terminal acetylenes is 1. The number of nitrogens with zero attached hydrogens (tertiary/aromatic N) is 2. The Morgan fingerprint density at radius 3 is 3.07 bits per heavy atom. The largest absolute Gasteiger partial charge is 0.361 e. The molecule has 3 heteroatoms. The summed E-state index contributed by atoms with van der Waals surface area (Å²) in [7, 11) is 0. The van der Waals surface area contributed by atoms with E-state index in [1.54, 1.807) is 24.8 Å². The molecule has 0 fully saturated rings. The predicted octanol–water partition coefficient (Wildman–Crippen LogP) is 2.14. The normalized spacial score (nSPS) is 8.80. The lowest BCUT2D eigenvalue weighted by molar-refractivity contribution is 1.11. The number of rotatable bonds is 2. The Hall–Kier alpha value is -2.08. The number of allylic oxidation sites excluding steroid dienone is 1. The van der Waals surface area contributed by atoms with Crippen molar-refractivity contribution in [3.05, 3.63) is 42.8 Å². The number of aromatic amines is 1. The zero-order valence-corrected chi connectivity index (χ0v) is 8.70. The maximum atomic E-state index is 5.23. The highest BCUT2D eigenvalue weighted by atomic mass is 14.8. The van der Waals surface area contributed by atoms with E-state index >= 15 is 0 Å². The molecule has 1 aromatic rings. The average molecular weight is 199 g/mol. The molecule has 15 heavy (non-hydrogen) atoms. The third-order valence-electron chi connectivity index (χ3n) is 1.72. The second kappa shape index (κ2) is 5.61. The third-order valence-corrected chi connectivity index (χ3v) is 1.72. The molecule has 0 unspecified atom stereocenters. The molecule has 0 saturated heterocycles. The highest BCUT2D eigenvalue weighted by Gasteiger charge is 1.90. The molecule has 1 aromatic heterocycles. The van der Waals surface area contributed by atoms with E-state index in [1.807, 2.05) is 6.92 Å². The van der Waals surface area contributed by atoms with E-state index in [2.05, 4.69) is 27.5 Å². The molecule has 3 nitrogen and oxygen atoms in total. The molecule has 0 amide bonds. The second-order valence-electron chi connectivity index (χ2n) is 3.07. The first-order valence-electron chi connectivity index (χ1n) is 4.55. The highest BCUT2D eigenvalue weighted by Crippen LogP contribution is 2.03. The van der Waals surface area contributed by atoms with Gasteiger partial charge in [0.15, 0.2) is 0 Å². The third kappa shape index (κ3) is 3.65. The predicted molar refractivity (Wildman–Crippen MR) is 61.3 cm³/mol. The maximum Gasteiger partial charge on any atom is 0.0813 e. The van der Waals surface area contributed by atoms with Gasteiger partial charge in [0.1, 0.15) is 0 Å². The van der Waals surface area contributed by atoms with Crippen LogP contribution >= 0.6 is 0 Å². The van der Waals surface area contributed by atoms with Crippen LogP contribution in [0.1, 0.15) is 18.3 Å². The second-order valence-corrected chi connectivity index (χ2v) is 3.07. The molecule has 0 bridgehead atoms. The molecular weight excluding hydrogens is 186 g/mol. The van der Waals surface area contributed by atoms with Crippen molar-refractivity contribution in [1.29, 1.82) is 0 Å². The van der Waals surface area contributed by atoms with Crippen molar-refractivity contribution in [2.45, 2.75) is 13.3 Å². The van der Waals surface area contributed by atoms with Gasteiger partial charge in [-0.2, -0.15) is 0 Å². The molecule has 1 heterocycles. The fraction of sp³-hybridized carbons (Fsp3) is 0.167. The minimum atomic E-state index is 0.511. The lowest BCUT2D eigenvalue weighted by Crippen LogP contribution is -1.85. The molecule has 1 N–H and O–H groups in total. The quantitative estimate of drug-likeness (QED) is 0.741. The average Bonchev–Trinajstić information content (AvgIpc) is 2.30. The van der Waals surface area contributed by atoms with Gasteiger partial charge in [0, 0.05) is 30.5 Å². The molecule has 0 radical (unpaired) electrons. The number of nitrogens with one attached hydrogen (secondary N) is 1. The van der Waals surface area contributed by atoms with Crippen LogP contribution in [0.2, 0.25) is 0 Å². The van der Waals surface area contributed by atoms with Crippen LogP contribution in [0, 0.1) is 12.3 Å². The molecule has 0 saturated carbocycles. The number of hydrogen-bond acceptors (Lipinski definition) is 2. The van der Waals surface area contributed by atoms with Gasteiger partial charge in [-0.3, -0.25) is 9.97 Å². The smallest absolute Gasteiger partial charge is 0.0813 e. The van der Waals surface area contributed by atoms with E-state index in [1.165, 1.54) is 0 Å². The summed E-state index contributed by atoms with van der Waals surface area (Å²) in [6.07, 6.45) is 12.4. The summed E-state index contributed by atoms with van der Waals surface area (Å²) in [6.45, 7) is 5.72. The Balaban J connectivity index is 3.24. The van der Waals surface area contributed by atoms with Gasteiger partial charge in [0.2, 0.25) is 0 Å². The van der Waals surface area contributed by atoms with Crippen LogP contribution in [-0.4, -0.2) is 15.0 Å². The van der Waals surface area contributed by atoms with Crippen molar-refractivity contribution in [3.63, 3.8) is 0 Å². The Labute approximate surface area is 89.6 Å². The summed E-state index contributed by atoms with van der Waals surface area (Å²) < 4.78 is 0. The monoisotopic (exact) mass is 199 g/mol. The first-order valence-corrected chi connectivity index (χ1v) is 4.55. The molecule has 0 aliphatic carbocycles. The molecule has 0 atom stereocenters. The Morgan fingerprint density at radius 1 is 1.60 bits per heavy atom. The van der Waals surface area contributed by atoms with Crippen molar-refractivity contribution in [1.82, 2.24) is 15.0 Å². The van der Waals surface area contributed by atoms with Crippen LogP contribution in [0.3, 0.4) is 0 Å². The van der Waals surface area contributed by atoms with E-state index in [4.69, 9.17) is 6.42 Å². The van der Waals surface area contributed by atoms with Crippen LogP contribution in [0.25, 0.3) is 5.57 Å². The number of aromatic nitrogens is 3. The zero-order chi connectivity index (χ0) is 11.1. The minimum absolute atomic E-state index is 0.511. The van der Waals surface area contributed by atoms with Crippen LogP contribution < -0.4 is 0 Å². The van der Waals surface area contributed by atoms with Crippen molar-refractivity contribution in [3.8, 4) is 12.3 Å². The lowest BCUT2D eigenvalue weighted by Gasteiger charge is -1.93. The van der Waals surface area contributed by atoms with Gasteiger partial charge >= 0.3 is 0 Å². The summed E-state index contributed by atoms with van der Waals surface area (Å²) in [6, 6.07) is 0. The van der Waals surface area contributed by atoms with E-state index < -0.39 is 0 Å². The van der Waals surface area contributed by atoms with E-state index in [0.717, 1.165) is 17.0 Å². The van der Waals surface area contributed by atoms with Crippen LogP contribution in [-0.2, 0) is 6.42 Å². The molecule has 1 rings (SSSR count). The van der Waals surface area contributed by atoms with Gasteiger partial charge in [-0.1, -0.05) is 6.58 Å². The first-order chi connectivity index (χ1) is 7.24. The fourth-order valence-electron chi connectivity index (χ4n) is 0.961. The van der Waals surface area contributed by atoms with Crippen LogP contribution in [0.5, 0.6) is 0 Å². The van der Waals surface area contributed by atoms with Gasteiger partial charge in [-0.15, -0.1) is 12.3 Å². The van der Waals surface area contributed by atoms with Crippen LogP contribution in [0.15, 0.2) is 31.4 Å². The minimum Gasteiger partial charge on any atom is -0.361 e. The summed E-state index contributed by atoms with van der Waals surface area (Å²) in [5.74, 6) is 2.55. The Kier molecular flexibility index (Phi) is 4.11. The van der Waals surface area contributed by atoms with Crippen LogP contribution in [0.4, 0.5) is 0 Å². The van der Waals surface area contributed by atoms with Gasteiger partial charge in [-0.25, -0.2) is 0 Å². The number of H-pyrrole nitrogens is 1. The first kappa shape index (κ1) is 11.0. The Bertz CT molecular complexity index is 436. The maximum absolute atomic E-state index is 5.23. The van der Waals surface area contributed by atoms with Crippen molar-refractivity contribution >= 4 is 5.57 Å². The zero-order valence-electron chi connectivity index (χ0n) is 8.70. The summed E-state index contributed by atoms with van der Waals surface area (Å²) in [5.41, 5.74) is 2.53. The summed E-state index contributed by atoms with van der Waals surface area (Å²) >= 11 is 0. The van der Waals surface area contributed by atoms with Gasteiger partial charge in [0.05, 0.1) is 12.1 Å². The van der Waals surface area contributed by atoms with E-state index in [0.29, 0.717) is 6.42 Å². The van der Waals surface area contributed by atoms with Gasteiger partial charge < -0.3 is 4.98 Å². The molecule has 0 aliphatic rings. The molecule has 76 valence electrons. The summed E-state index contributed by atoms with van der Waals surface area (Å²) in [5, 5.41) is 0.